The van der Waals surface area contributed by atoms with Crippen LogP contribution in [0.3, 0.4) is 0 Å². The molecule has 1 unspecified atom stereocenters. The quantitative estimate of drug-likeness (QED) is 0.250. The zero-order chi connectivity index (χ0) is 24.2. The molecule has 0 fully saturated rings. The normalized spacial score (nSPS) is 11.6. The molecule has 0 aliphatic heterocycles. The maximum absolute atomic E-state index is 13.1. The number of nitrogens with zero attached hydrogens (tertiary/aromatic N) is 1. The number of rotatable bonds is 9. The van der Waals surface area contributed by atoms with E-state index in [-0.39, 0.29) is 5.91 Å². The fourth-order valence-electron chi connectivity index (χ4n) is 3.04. The van der Waals surface area contributed by atoms with Crippen molar-refractivity contribution < 1.29 is 14.7 Å². The lowest BCUT2D eigenvalue weighted by molar-refractivity contribution is -0.131. The number of hydrogen-bond acceptors (Lipinski definition) is 5. The zero-order valence-electron chi connectivity index (χ0n) is 18.3. The lowest BCUT2D eigenvalue weighted by atomic mass is 10.1. The largest absolute Gasteiger partial charge is 0.400 e. The molecule has 1 heterocycles. The van der Waals surface area contributed by atoms with Gasteiger partial charge in [0.1, 0.15) is 12.0 Å². The average Bonchev–Trinajstić information content (AvgIpc) is 3.32. The van der Waals surface area contributed by atoms with E-state index in [0.717, 1.165) is 34.3 Å². The van der Waals surface area contributed by atoms with Crippen LogP contribution < -0.4 is 5.32 Å². The first-order valence-electron chi connectivity index (χ1n) is 10.0. The number of likely N-dealkylation sites (N-methyl/N-ethyl adjacent to an activating group) is 1. The third kappa shape index (κ3) is 7.61. The fourth-order valence-corrected chi connectivity index (χ4v) is 4.25. The second-order valence-corrected chi connectivity index (χ2v) is 8.63. The van der Waals surface area contributed by atoms with E-state index in [0.29, 0.717) is 17.1 Å². The minimum atomic E-state index is -0.585. The molecule has 0 saturated heterocycles. The highest BCUT2D eigenvalue weighted by Gasteiger charge is 2.23. The Kier molecular flexibility index (Phi) is 10.9. The van der Waals surface area contributed by atoms with Crippen molar-refractivity contribution in [2.24, 2.45) is 0 Å². The predicted molar refractivity (Wildman–Crippen MR) is 140 cm³/mol. The van der Waals surface area contributed by atoms with E-state index in [9.17, 15) is 9.59 Å². The van der Waals surface area contributed by atoms with Crippen molar-refractivity contribution in [1.82, 2.24) is 10.2 Å². The molecule has 1 aromatic heterocycles. The monoisotopic (exact) mass is 500 g/mol. The van der Waals surface area contributed by atoms with Crippen LogP contribution in [0.25, 0.3) is 16.5 Å². The number of carbonyl (C=O) groups excluding carboxylic acids is 2. The van der Waals surface area contributed by atoms with Crippen molar-refractivity contribution in [2.45, 2.75) is 12.5 Å². The summed E-state index contributed by atoms with van der Waals surface area (Å²) in [6, 6.07) is 20.5. The number of halogens is 1. The van der Waals surface area contributed by atoms with E-state index in [1.165, 1.54) is 10.4 Å². The van der Waals surface area contributed by atoms with E-state index < -0.39 is 6.04 Å². The van der Waals surface area contributed by atoms with Gasteiger partial charge in [-0.2, -0.15) is 0 Å². The van der Waals surface area contributed by atoms with E-state index in [4.69, 9.17) is 28.9 Å². The number of aldehydes is 1. The summed E-state index contributed by atoms with van der Waals surface area (Å²) in [6.07, 6.45) is 2.98. The van der Waals surface area contributed by atoms with Crippen LogP contribution >= 0.6 is 35.2 Å². The van der Waals surface area contributed by atoms with E-state index in [2.05, 4.69) is 5.32 Å². The average molecular weight is 501 g/mol. The number of thiocarbonyl (C=S) groups is 1. The number of thiophene rings is 1. The Morgan fingerprint density at radius 2 is 1.79 bits per heavy atom. The number of hydrogen-bond donors (Lipinski definition) is 2. The summed E-state index contributed by atoms with van der Waals surface area (Å²) in [5, 5.41) is 10.5. The van der Waals surface area contributed by atoms with Gasteiger partial charge in [0.25, 0.3) is 5.91 Å². The van der Waals surface area contributed by atoms with Gasteiger partial charge >= 0.3 is 0 Å². The number of nitrogens with one attached hydrogen (secondary N) is 1. The predicted octanol–water partition coefficient (Wildman–Crippen LogP) is 4.83. The molecule has 0 saturated carbocycles. The zero-order valence-corrected chi connectivity index (χ0v) is 20.7. The molecule has 3 rings (SSSR count). The highest BCUT2D eigenvalue weighted by Crippen LogP contribution is 2.30. The van der Waals surface area contributed by atoms with E-state index in [1.54, 1.807) is 24.5 Å². The van der Waals surface area contributed by atoms with Gasteiger partial charge in [-0.25, -0.2) is 0 Å². The number of aliphatic hydroxyl groups is 1. The highest BCUT2D eigenvalue weighted by atomic mass is 35.5. The molecule has 2 N–H and O–H groups in total. The molecule has 0 spiro atoms. The molecule has 1 atom stereocenters. The van der Waals surface area contributed by atoms with Crippen LogP contribution in [0.5, 0.6) is 0 Å². The number of aliphatic hydroxyl groups excluding tert-OH is 1. The van der Waals surface area contributed by atoms with Gasteiger partial charge in [0, 0.05) is 28.9 Å². The van der Waals surface area contributed by atoms with Crippen molar-refractivity contribution in [3.8, 4) is 10.4 Å². The molecule has 2 aromatic carbocycles. The molecule has 33 heavy (non-hydrogen) atoms. The van der Waals surface area contributed by atoms with Gasteiger partial charge < -0.3 is 20.1 Å². The molecule has 0 aliphatic carbocycles. The molecular formula is C25H25ClN2O3S2. The van der Waals surface area contributed by atoms with Crippen LogP contribution in [0, 0.1) is 0 Å². The third-order valence-corrected chi connectivity index (χ3v) is 6.20. The van der Waals surface area contributed by atoms with Gasteiger partial charge in [0.2, 0.25) is 0 Å². The van der Waals surface area contributed by atoms with Crippen molar-refractivity contribution in [1.29, 1.82) is 0 Å². The van der Waals surface area contributed by atoms with Crippen molar-refractivity contribution >= 4 is 58.9 Å². The van der Waals surface area contributed by atoms with Crippen LogP contribution in [-0.4, -0.2) is 47.9 Å². The Labute approximate surface area is 208 Å². The van der Waals surface area contributed by atoms with Crippen LogP contribution in [0.1, 0.15) is 10.4 Å². The van der Waals surface area contributed by atoms with Crippen molar-refractivity contribution in [3.05, 3.63) is 87.9 Å². The van der Waals surface area contributed by atoms with Gasteiger partial charge in [-0.05, 0) is 47.9 Å². The van der Waals surface area contributed by atoms with Gasteiger partial charge in [-0.15, -0.1) is 11.3 Å². The summed E-state index contributed by atoms with van der Waals surface area (Å²) < 4.78 is 0. The number of carbonyl (C=O) groups is 2. The second-order valence-electron chi connectivity index (χ2n) is 6.84. The first-order chi connectivity index (χ1) is 16.0. The Morgan fingerprint density at radius 1 is 1.12 bits per heavy atom. The molecule has 0 bridgehead atoms. The van der Waals surface area contributed by atoms with Gasteiger partial charge in [0.05, 0.1) is 11.5 Å². The highest BCUT2D eigenvalue weighted by molar-refractivity contribution is 7.78. The van der Waals surface area contributed by atoms with Gasteiger partial charge in [-0.3, -0.25) is 4.79 Å². The van der Waals surface area contributed by atoms with Crippen LogP contribution in [0.2, 0.25) is 5.02 Å². The first kappa shape index (κ1) is 26.4. The molecule has 3 aromatic rings. The topological polar surface area (TPSA) is 69.6 Å². The van der Waals surface area contributed by atoms with Gasteiger partial charge in [-0.1, -0.05) is 66.3 Å². The Morgan fingerprint density at radius 3 is 2.39 bits per heavy atom. The Hall–Kier alpha value is -2.84. The standard InChI is InChI=1S/C24H21ClN2O2S2.CH4O/c1-27(20(15-28)13-17-5-3-2-4-6-17)24(29)22(26-16-30)14-21-11-12-23(31-21)18-7-9-19(25)10-8-18;1-2/h2-12,14-16,20H,13H2,1H3,(H,26,30);2H,1H3/b22-14+;. The fraction of sp³-hybridized carbons (Fsp3) is 0.160. The summed E-state index contributed by atoms with van der Waals surface area (Å²) >= 11 is 12.4. The smallest absolute Gasteiger partial charge is 0.270 e. The third-order valence-electron chi connectivity index (χ3n) is 4.75. The first-order valence-corrected chi connectivity index (χ1v) is 11.7. The summed E-state index contributed by atoms with van der Waals surface area (Å²) in [6.45, 7) is 0. The summed E-state index contributed by atoms with van der Waals surface area (Å²) in [5.41, 5.74) is 3.63. The van der Waals surface area contributed by atoms with Crippen LogP contribution in [-0.2, 0) is 16.0 Å². The Bertz CT molecular complexity index is 1080. The van der Waals surface area contributed by atoms with Crippen LogP contribution in [0.4, 0.5) is 0 Å². The van der Waals surface area contributed by atoms with Crippen molar-refractivity contribution in [2.75, 3.05) is 14.2 Å². The lowest BCUT2D eigenvalue weighted by Gasteiger charge is -2.25. The minimum Gasteiger partial charge on any atom is -0.400 e. The summed E-state index contributed by atoms with van der Waals surface area (Å²) in [7, 11) is 2.62. The Balaban J connectivity index is 0.00000187. The maximum Gasteiger partial charge on any atom is 0.270 e. The summed E-state index contributed by atoms with van der Waals surface area (Å²) in [4.78, 5) is 28.2. The molecule has 0 aliphatic rings. The number of benzene rings is 2. The van der Waals surface area contributed by atoms with E-state index in [1.807, 2.05) is 66.7 Å². The molecule has 0 radical (unpaired) electrons. The molecule has 8 heteroatoms. The minimum absolute atomic E-state index is 0.307. The van der Waals surface area contributed by atoms with Crippen molar-refractivity contribution in [3.63, 3.8) is 0 Å². The summed E-state index contributed by atoms with van der Waals surface area (Å²) in [5.74, 6) is -0.310. The second kappa shape index (κ2) is 13.6. The van der Waals surface area contributed by atoms with Crippen LogP contribution in [0.15, 0.2) is 72.4 Å². The molecule has 5 nitrogen and oxygen atoms in total. The molecular weight excluding hydrogens is 476 g/mol. The molecule has 172 valence electrons. The molecule has 1 amide bonds. The maximum atomic E-state index is 13.1. The van der Waals surface area contributed by atoms with E-state index >= 15 is 0 Å². The number of amides is 1. The SMILES string of the molecule is CN(C(=O)/C(=C\c1ccc(-c2ccc(Cl)cc2)s1)NC=S)C(C=O)Cc1ccccc1.CO. The van der Waals surface area contributed by atoms with Gasteiger partial charge in [0.15, 0.2) is 0 Å². The lowest BCUT2D eigenvalue weighted by Crippen LogP contribution is -2.42.